The highest BCUT2D eigenvalue weighted by molar-refractivity contribution is 5.99. The molecule has 1 amide bonds. The minimum Gasteiger partial charge on any atom is -0.465 e. The van der Waals surface area contributed by atoms with Crippen molar-refractivity contribution in [3.05, 3.63) is 59.4 Å². The van der Waals surface area contributed by atoms with Gasteiger partial charge in [-0.3, -0.25) is 4.79 Å². The van der Waals surface area contributed by atoms with Gasteiger partial charge in [0.25, 0.3) is 0 Å². The van der Waals surface area contributed by atoms with E-state index in [1.165, 1.54) is 19.2 Å². The predicted molar refractivity (Wildman–Crippen MR) is 86.0 cm³/mol. The van der Waals surface area contributed by atoms with Crippen LogP contribution in [0.2, 0.25) is 0 Å². The number of ether oxygens (including phenoxy) is 1. The maximum absolute atomic E-state index is 13.5. The number of aryl methyl sites for hydroxylation is 1. The SMILES string of the molecule is COC(=O)c1c(C)cccc1NCC(=O)Nc1ccccc1F. The monoisotopic (exact) mass is 316 g/mol. The Morgan fingerprint density at radius 1 is 1.09 bits per heavy atom. The number of anilines is 2. The van der Waals surface area contributed by atoms with Gasteiger partial charge in [0.2, 0.25) is 5.91 Å². The van der Waals surface area contributed by atoms with E-state index in [9.17, 15) is 14.0 Å². The molecule has 0 saturated carbocycles. The second kappa shape index (κ2) is 7.40. The number of para-hydroxylation sites is 1. The van der Waals surface area contributed by atoms with Crippen LogP contribution in [0.3, 0.4) is 0 Å². The highest BCUT2D eigenvalue weighted by Gasteiger charge is 2.15. The fourth-order valence-corrected chi connectivity index (χ4v) is 2.12. The van der Waals surface area contributed by atoms with Crippen molar-refractivity contribution in [2.75, 3.05) is 24.3 Å². The molecule has 2 aromatic carbocycles. The van der Waals surface area contributed by atoms with Gasteiger partial charge in [-0.05, 0) is 30.7 Å². The number of amides is 1. The molecule has 0 bridgehead atoms. The molecule has 6 heteroatoms. The van der Waals surface area contributed by atoms with Crippen molar-refractivity contribution in [1.29, 1.82) is 0 Å². The molecule has 120 valence electrons. The fourth-order valence-electron chi connectivity index (χ4n) is 2.12. The van der Waals surface area contributed by atoms with Crippen molar-refractivity contribution in [1.82, 2.24) is 0 Å². The van der Waals surface area contributed by atoms with Crippen LogP contribution in [-0.4, -0.2) is 25.5 Å². The number of hydrogen-bond acceptors (Lipinski definition) is 4. The minimum absolute atomic E-state index is 0.108. The summed E-state index contributed by atoms with van der Waals surface area (Å²) in [6, 6.07) is 11.1. The Kier molecular flexibility index (Phi) is 5.30. The zero-order valence-corrected chi connectivity index (χ0v) is 12.9. The Balaban J connectivity index is 2.06. The summed E-state index contributed by atoms with van der Waals surface area (Å²) in [7, 11) is 1.30. The number of hydrogen-bond donors (Lipinski definition) is 2. The number of nitrogens with one attached hydrogen (secondary N) is 2. The highest BCUT2D eigenvalue weighted by Crippen LogP contribution is 2.20. The summed E-state index contributed by atoms with van der Waals surface area (Å²) in [4.78, 5) is 23.7. The van der Waals surface area contributed by atoms with E-state index in [1.54, 1.807) is 37.3 Å². The van der Waals surface area contributed by atoms with Gasteiger partial charge in [-0.25, -0.2) is 9.18 Å². The lowest BCUT2D eigenvalue weighted by Gasteiger charge is -2.13. The largest absolute Gasteiger partial charge is 0.465 e. The average Bonchev–Trinajstić information content (AvgIpc) is 2.54. The van der Waals surface area contributed by atoms with Crippen molar-refractivity contribution >= 4 is 23.3 Å². The van der Waals surface area contributed by atoms with E-state index in [0.29, 0.717) is 11.3 Å². The molecule has 23 heavy (non-hydrogen) atoms. The maximum Gasteiger partial charge on any atom is 0.340 e. The molecule has 0 radical (unpaired) electrons. The first-order valence-electron chi connectivity index (χ1n) is 6.99. The van der Waals surface area contributed by atoms with Crippen LogP contribution in [0.5, 0.6) is 0 Å². The molecule has 0 spiro atoms. The topological polar surface area (TPSA) is 67.4 Å². The molecular formula is C17H17FN2O3. The van der Waals surface area contributed by atoms with Gasteiger partial charge in [0.1, 0.15) is 5.82 Å². The van der Waals surface area contributed by atoms with Crippen molar-refractivity contribution in [3.8, 4) is 0 Å². The summed E-state index contributed by atoms with van der Waals surface area (Å²) in [5.41, 5.74) is 1.70. The lowest BCUT2D eigenvalue weighted by molar-refractivity contribution is -0.114. The van der Waals surface area contributed by atoms with Crippen LogP contribution < -0.4 is 10.6 Å². The quantitative estimate of drug-likeness (QED) is 0.832. The van der Waals surface area contributed by atoms with Gasteiger partial charge >= 0.3 is 5.97 Å². The normalized spacial score (nSPS) is 10.0. The first kappa shape index (κ1) is 16.5. The van der Waals surface area contributed by atoms with Crippen LogP contribution in [0.1, 0.15) is 15.9 Å². The minimum atomic E-state index is -0.508. The zero-order valence-electron chi connectivity index (χ0n) is 12.9. The van der Waals surface area contributed by atoms with Crippen molar-refractivity contribution < 1.29 is 18.7 Å². The highest BCUT2D eigenvalue weighted by atomic mass is 19.1. The van der Waals surface area contributed by atoms with Gasteiger partial charge in [0.05, 0.1) is 24.9 Å². The van der Waals surface area contributed by atoms with Crippen LogP contribution in [0.4, 0.5) is 15.8 Å². The number of esters is 1. The molecular weight excluding hydrogens is 299 g/mol. The first-order chi connectivity index (χ1) is 11.0. The van der Waals surface area contributed by atoms with E-state index in [-0.39, 0.29) is 12.2 Å². The van der Waals surface area contributed by atoms with Gasteiger partial charge in [-0.1, -0.05) is 24.3 Å². The smallest absolute Gasteiger partial charge is 0.340 e. The fraction of sp³-hybridized carbons (Fsp3) is 0.176. The molecule has 0 aliphatic rings. The molecule has 0 aliphatic carbocycles. The standard InChI is InChI=1S/C17H17FN2O3/c1-11-6-5-9-14(16(11)17(22)23-2)19-10-15(21)20-13-8-4-3-7-12(13)18/h3-9,19H,10H2,1-2H3,(H,20,21). The van der Waals surface area contributed by atoms with E-state index in [4.69, 9.17) is 4.74 Å². The Bertz CT molecular complexity index is 732. The van der Waals surface area contributed by atoms with Crippen LogP contribution in [0.25, 0.3) is 0 Å². The summed E-state index contributed by atoms with van der Waals surface area (Å²) in [6.07, 6.45) is 0. The maximum atomic E-state index is 13.5. The van der Waals surface area contributed by atoms with E-state index < -0.39 is 17.7 Å². The summed E-state index contributed by atoms with van der Waals surface area (Å²) in [5.74, 6) is -1.42. The molecule has 0 aromatic heterocycles. The third-order valence-corrected chi connectivity index (χ3v) is 3.25. The Hall–Kier alpha value is -2.89. The van der Waals surface area contributed by atoms with Crippen molar-refractivity contribution in [3.63, 3.8) is 0 Å². The lowest BCUT2D eigenvalue weighted by atomic mass is 10.1. The molecule has 5 nitrogen and oxygen atoms in total. The molecule has 0 fully saturated rings. The number of carbonyl (C=O) groups excluding carboxylic acids is 2. The predicted octanol–water partition coefficient (Wildman–Crippen LogP) is 2.97. The third kappa shape index (κ3) is 4.06. The summed E-state index contributed by atoms with van der Waals surface area (Å²) < 4.78 is 18.2. The van der Waals surface area contributed by atoms with E-state index >= 15 is 0 Å². The summed E-state index contributed by atoms with van der Waals surface area (Å²) >= 11 is 0. The number of methoxy groups -OCH3 is 1. The number of carbonyl (C=O) groups is 2. The van der Waals surface area contributed by atoms with Crippen LogP contribution in [-0.2, 0) is 9.53 Å². The second-order valence-electron chi connectivity index (χ2n) is 4.87. The molecule has 0 heterocycles. The number of benzene rings is 2. The van der Waals surface area contributed by atoms with Gasteiger partial charge in [0, 0.05) is 5.69 Å². The number of rotatable bonds is 5. The van der Waals surface area contributed by atoms with Gasteiger partial charge < -0.3 is 15.4 Å². The van der Waals surface area contributed by atoms with E-state index in [2.05, 4.69) is 10.6 Å². The van der Waals surface area contributed by atoms with Crippen LogP contribution in [0, 0.1) is 12.7 Å². The molecule has 0 aliphatic heterocycles. The van der Waals surface area contributed by atoms with E-state index in [1.807, 2.05) is 0 Å². The molecule has 2 rings (SSSR count). The summed E-state index contributed by atoms with van der Waals surface area (Å²) in [5, 5.41) is 5.34. The molecule has 2 N–H and O–H groups in total. The first-order valence-corrected chi connectivity index (χ1v) is 6.99. The molecule has 2 aromatic rings. The Morgan fingerprint density at radius 3 is 2.48 bits per heavy atom. The Morgan fingerprint density at radius 2 is 1.78 bits per heavy atom. The summed E-state index contributed by atoms with van der Waals surface area (Å²) in [6.45, 7) is 1.67. The zero-order chi connectivity index (χ0) is 16.8. The molecule has 0 unspecified atom stereocenters. The van der Waals surface area contributed by atoms with Crippen molar-refractivity contribution in [2.24, 2.45) is 0 Å². The van der Waals surface area contributed by atoms with Gasteiger partial charge in [0.15, 0.2) is 0 Å². The van der Waals surface area contributed by atoms with Crippen LogP contribution in [0.15, 0.2) is 42.5 Å². The number of halogens is 1. The van der Waals surface area contributed by atoms with Crippen molar-refractivity contribution in [2.45, 2.75) is 6.92 Å². The van der Waals surface area contributed by atoms with Gasteiger partial charge in [-0.15, -0.1) is 0 Å². The lowest BCUT2D eigenvalue weighted by Crippen LogP contribution is -2.23. The average molecular weight is 316 g/mol. The molecule has 0 saturated heterocycles. The van der Waals surface area contributed by atoms with Gasteiger partial charge in [-0.2, -0.15) is 0 Å². The third-order valence-electron chi connectivity index (χ3n) is 3.25. The van der Waals surface area contributed by atoms with E-state index in [0.717, 1.165) is 5.56 Å². The van der Waals surface area contributed by atoms with Crippen LogP contribution >= 0.6 is 0 Å². The Labute approximate surface area is 133 Å². The second-order valence-corrected chi connectivity index (χ2v) is 4.87. The molecule has 0 atom stereocenters.